The van der Waals surface area contributed by atoms with Gasteiger partial charge in [-0.2, -0.15) is 13.2 Å². The van der Waals surface area contributed by atoms with Crippen molar-refractivity contribution in [3.63, 3.8) is 0 Å². The lowest BCUT2D eigenvalue weighted by molar-refractivity contribution is -0.146. The second-order valence-corrected chi connectivity index (χ2v) is 4.24. The maximum atomic E-state index is 12.4. The van der Waals surface area contributed by atoms with Crippen molar-refractivity contribution < 1.29 is 13.2 Å². The molecule has 0 saturated carbocycles. The van der Waals surface area contributed by atoms with Gasteiger partial charge in [0.1, 0.15) is 5.15 Å². The highest BCUT2D eigenvalue weighted by Gasteiger charge is 2.30. The minimum absolute atomic E-state index is 0.133. The van der Waals surface area contributed by atoms with Crippen LogP contribution in [0.1, 0.15) is 5.56 Å². The maximum absolute atomic E-state index is 12.4. The monoisotopic (exact) mass is 281 g/mol. The molecule has 7 heteroatoms. The van der Waals surface area contributed by atoms with E-state index in [1.54, 1.807) is 19.2 Å². The lowest BCUT2D eigenvalue weighted by Crippen LogP contribution is -2.37. The Hall–Kier alpha value is -0.850. The second-order valence-electron chi connectivity index (χ2n) is 3.88. The molecule has 0 radical (unpaired) electrons. The van der Waals surface area contributed by atoms with Crippen LogP contribution < -0.4 is 5.32 Å². The second kappa shape index (κ2) is 6.92. The van der Waals surface area contributed by atoms with E-state index in [0.29, 0.717) is 18.7 Å². The highest BCUT2D eigenvalue weighted by Crippen LogP contribution is 2.19. The van der Waals surface area contributed by atoms with Crippen LogP contribution in [-0.4, -0.2) is 42.7 Å². The first-order valence-electron chi connectivity index (χ1n) is 5.45. The summed E-state index contributed by atoms with van der Waals surface area (Å²) in [6, 6.07) is 3.34. The van der Waals surface area contributed by atoms with Crippen molar-refractivity contribution in [2.24, 2.45) is 0 Å². The van der Waals surface area contributed by atoms with E-state index < -0.39 is 12.7 Å². The average Bonchev–Trinajstić information content (AvgIpc) is 2.27. The molecule has 0 aliphatic heterocycles. The zero-order valence-electron chi connectivity index (χ0n) is 9.97. The Kier molecular flexibility index (Phi) is 5.84. The van der Waals surface area contributed by atoms with Crippen molar-refractivity contribution in [2.45, 2.75) is 12.7 Å². The number of alkyl halides is 3. The fraction of sp³-hybridized carbons (Fsp3) is 0.545. The summed E-state index contributed by atoms with van der Waals surface area (Å²) in [6.07, 6.45) is -2.71. The zero-order chi connectivity index (χ0) is 13.6. The summed E-state index contributed by atoms with van der Waals surface area (Å²) >= 11 is 5.84. The molecule has 0 aromatic carbocycles. The van der Waals surface area contributed by atoms with Crippen molar-refractivity contribution in [1.82, 2.24) is 15.2 Å². The van der Waals surface area contributed by atoms with Gasteiger partial charge in [-0.1, -0.05) is 17.7 Å². The molecule has 0 fully saturated rings. The van der Waals surface area contributed by atoms with Crippen molar-refractivity contribution >= 4 is 11.6 Å². The van der Waals surface area contributed by atoms with Gasteiger partial charge in [-0.25, -0.2) is 4.98 Å². The predicted octanol–water partition coefficient (Wildman–Crippen LogP) is 2.32. The summed E-state index contributed by atoms with van der Waals surface area (Å²) in [4.78, 5) is 5.14. The molecule has 0 saturated heterocycles. The molecule has 18 heavy (non-hydrogen) atoms. The molecule has 3 nitrogen and oxygen atoms in total. The molecule has 0 amide bonds. The van der Waals surface area contributed by atoms with E-state index in [9.17, 15) is 13.2 Å². The number of nitrogens with zero attached hydrogens (tertiary/aromatic N) is 2. The fourth-order valence-corrected chi connectivity index (χ4v) is 1.69. The number of hydrogen-bond donors (Lipinski definition) is 1. The summed E-state index contributed by atoms with van der Waals surface area (Å²) in [5.41, 5.74) is 0.597. The van der Waals surface area contributed by atoms with Crippen molar-refractivity contribution in [1.29, 1.82) is 0 Å². The van der Waals surface area contributed by atoms with Crippen molar-refractivity contribution in [3.8, 4) is 0 Å². The highest BCUT2D eigenvalue weighted by atomic mass is 35.5. The summed E-state index contributed by atoms with van der Waals surface area (Å²) in [5.74, 6) is 0. The molecule has 0 spiro atoms. The maximum Gasteiger partial charge on any atom is 0.401 e. The first-order valence-corrected chi connectivity index (χ1v) is 5.83. The number of halogens is 4. The molecule has 0 unspecified atom stereocenters. The van der Waals surface area contributed by atoms with E-state index >= 15 is 0 Å². The van der Waals surface area contributed by atoms with E-state index in [1.165, 1.54) is 11.1 Å². The number of nitrogens with one attached hydrogen (secondary N) is 1. The van der Waals surface area contributed by atoms with Gasteiger partial charge in [0.25, 0.3) is 0 Å². The Morgan fingerprint density at radius 1 is 1.44 bits per heavy atom. The van der Waals surface area contributed by atoms with Crippen LogP contribution in [0.15, 0.2) is 18.3 Å². The largest absolute Gasteiger partial charge is 0.401 e. The standard InChI is InChI=1S/C11H15ClF3N3/c1-16-5-6-18(8-11(13,14)15)7-9-3-2-4-17-10(9)12/h2-4,16H,5-8H2,1H3. The van der Waals surface area contributed by atoms with Crippen LogP contribution in [0.5, 0.6) is 0 Å². The Labute approximate surface area is 109 Å². The van der Waals surface area contributed by atoms with Gasteiger partial charge in [0.15, 0.2) is 0 Å². The first-order chi connectivity index (χ1) is 8.42. The highest BCUT2D eigenvalue weighted by molar-refractivity contribution is 6.30. The van der Waals surface area contributed by atoms with Crippen LogP contribution >= 0.6 is 11.6 Å². The summed E-state index contributed by atoms with van der Waals surface area (Å²) in [5, 5.41) is 3.07. The third kappa shape index (κ3) is 5.66. The lowest BCUT2D eigenvalue weighted by atomic mass is 10.2. The number of rotatable bonds is 6. The summed E-state index contributed by atoms with van der Waals surface area (Å²) < 4.78 is 37.3. The molecule has 1 heterocycles. The van der Waals surface area contributed by atoms with Gasteiger partial charge in [0, 0.05) is 31.4 Å². The Morgan fingerprint density at radius 3 is 2.72 bits per heavy atom. The van der Waals surface area contributed by atoms with Crippen molar-refractivity contribution in [3.05, 3.63) is 29.0 Å². The minimum Gasteiger partial charge on any atom is -0.318 e. The third-order valence-corrected chi connectivity index (χ3v) is 2.65. The molecule has 1 N–H and O–H groups in total. The topological polar surface area (TPSA) is 28.2 Å². The van der Waals surface area contributed by atoms with Gasteiger partial charge in [0.2, 0.25) is 0 Å². The third-order valence-electron chi connectivity index (χ3n) is 2.31. The Bertz CT molecular complexity index is 371. The van der Waals surface area contributed by atoms with Gasteiger partial charge >= 0.3 is 6.18 Å². The predicted molar refractivity (Wildman–Crippen MR) is 64.5 cm³/mol. The molecule has 102 valence electrons. The SMILES string of the molecule is CNCCN(Cc1cccnc1Cl)CC(F)(F)F. The molecular weight excluding hydrogens is 267 g/mol. The summed E-state index contributed by atoms with van der Waals surface area (Å²) in [6.45, 7) is -0.0526. The smallest absolute Gasteiger partial charge is 0.318 e. The van der Waals surface area contributed by atoms with Crippen LogP contribution in [-0.2, 0) is 6.54 Å². The van der Waals surface area contributed by atoms with Gasteiger partial charge in [-0.3, -0.25) is 4.90 Å². The number of pyridine rings is 1. The minimum atomic E-state index is -4.22. The van der Waals surface area contributed by atoms with Crippen LogP contribution in [0.4, 0.5) is 13.2 Å². The quantitative estimate of drug-likeness (QED) is 0.811. The van der Waals surface area contributed by atoms with E-state index in [0.717, 1.165) is 0 Å². The van der Waals surface area contributed by atoms with E-state index in [2.05, 4.69) is 10.3 Å². The lowest BCUT2D eigenvalue weighted by Gasteiger charge is -2.23. The number of likely N-dealkylation sites (N-methyl/N-ethyl adjacent to an activating group) is 1. The van der Waals surface area contributed by atoms with E-state index in [1.807, 2.05) is 0 Å². The Balaban J connectivity index is 2.69. The van der Waals surface area contributed by atoms with E-state index in [4.69, 9.17) is 11.6 Å². The molecule has 1 aromatic rings. The molecular formula is C11H15ClF3N3. The number of hydrogen-bond acceptors (Lipinski definition) is 3. The molecule has 1 aromatic heterocycles. The van der Waals surface area contributed by atoms with Crippen LogP contribution in [0, 0.1) is 0 Å². The van der Waals surface area contributed by atoms with Crippen molar-refractivity contribution in [2.75, 3.05) is 26.7 Å². The van der Waals surface area contributed by atoms with Crippen LogP contribution in [0.25, 0.3) is 0 Å². The van der Waals surface area contributed by atoms with Gasteiger partial charge in [0.05, 0.1) is 6.54 Å². The molecule has 0 aliphatic carbocycles. The number of aromatic nitrogens is 1. The zero-order valence-corrected chi connectivity index (χ0v) is 10.7. The summed E-state index contributed by atoms with van der Waals surface area (Å²) in [7, 11) is 1.70. The molecule has 0 bridgehead atoms. The molecule has 0 atom stereocenters. The average molecular weight is 282 g/mol. The normalized spacial score (nSPS) is 12.1. The van der Waals surface area contributed by atoms with Gasteiger partial charge in [-0.15, -0.1) is 0 Å². The van der Waals surface area contributed by atoms with Crippen LogP contribution in [0.3, 0.4) is 0 Å². The Morgan fingerprint density at radius 2 is 2.17 bits per heavy atom. The van der Waals surface area contributed by atoms with E-state index in [-0.39, 0.29) is 11.7 Å². The van der Waals surface area contributed by atoms with Crippen LogP contribution in [0.2, 0.25) is 5.15 Å². The molecule has 0 aliphatic rings. The molecule has 1 rings (SSSR count). The van der Waals surface area contributed by atoms with Gasteiger partial charge < -0.3 is 5.32 Å². The van der Waals surface area contributed by atoms with Gasteiger partial charge in [-0.05, 0) is 13.1 Å². The first kappa shape index (κ1) is 15.2. The fourth-order valence-electron chi connectivity index (χ4n) is 1.52.